The van der Waals surface area contributed by atoms with Crippen molar-refractivity contribution >= 4 is 17.4 Å². The van der Waals surface area contributed by atoms with Gasteiger partial charge in [-0.3, -0.25) is 4.79 Å². The zero-order chi connectivity index (χ0) is 19.2. The minimum absolute atomic E-state index is 0.204. The summed E-state index contributed by atoms with van der Waals surface area (Å²) < 4.78 is 4.95. The third-order valence-electron chi connectivity index (χ3n) is 5.00. The average molecular weight is 369 g/mol. The van der Waals surface area contributed by atoms with Crippen LogP contribution in [0.5, 0.6) is 0 Å². The van der Waals surface area contributed by atoms with Crippen LogP contribution >= 0.6 is 0 Å². The second kappa shape index (κ2) is 8.81. The molecule has 3 rings (SSSR count). The van der Waals surface area contributed by atoms with Crippen molar-refractivity contribution in [2.24, 2.45) is 0 Å². The first-order valence-corrected chi connectivity index (χ1v) is 9.25. The molecule has 2 aromatic rings. The third-order valence-corrected chi connectivity index (χ3v) is 5.00. The summed E-state index contributed by atoms with van der Waals surface area (Å²) in [5, 5.41) is 2.79. The zero-order valence-corrected chi connectivity index (χ0v) is 16.2. The Hall–Kier alpha value is -2.67. The fourth-order valence-electron chi connectivity index (χ4n) is 3.26. The van der Waals surface area contributed by atoms with Crippen LogP contribution in [0, 0.1) is 13.8 Å². The summed E-state index contributed by atoms with van der Waals surface area (Å²) in [6.45, 7) is 8.82. The van der Waals surface area contributed by atoms with Crippen molar-refractivity contribution in [1.82, 2.24) is 15.3 Å². The molecule has 1 aliphatic heterocycles. The molecule has 0 spiro atoms. The molecule has 7 heteroatoms. The SMILES string of the molecule is COCCNC(=O)c1cc(N2CCN(c3cccc(C)c3C)CC2)ncn1. The van der Waals surface area contributed by atoms with E-state index in [4.69, 9.17) is 4.74 Å². The van der Waals surface area contributed by atoms with E-state index in [9.17, 15) is 4.79 Å². The number of methoxy groups -OCH3 is 1. The summed E-state index contributed by atoms with van der Waals surface area (Å²) in [5.74, 6) is 0.590. The molecular formula is C20H27N5O2. The molecule has 0 atom stereocenters. The summed E-state index contributed by atoms with van der Waals surface area (Å²) in [7, 11) is 1.60. The van der Waals surface area contributed by atoms with Crippen LogP contribution in [0.25, 0.3) is 0 Å². The minimum atomic E-state index is -0.204. The predicted molar refractivity (Wildman–Crippen MR) is 107 cm³/mol. The Bertz CT molecular complexity index is 788. The number of carbonyl (C=O) groups excluding carboxylic acids is 1. The van der Waals surface area contributed by atoms with Gasteiger partial charge in [0.1, 0.15) is 17.8 Å². The largest absolute Gasteiger partial charge is 0.383 e. The highest BCUT2D eigenvalue weighted by Crippen LogP contribution is 2.25. The smallest absolute Gasteiger partial charge is 0.270 e. The van der Waals surface area contributed by atoms with E-state index in [1.54, 1.807) is 13.2 Å². The molecule has 7 nitrogen and oxygen atoms in total. The quantitative estimate of drug-likeness (QED) is 0.783. The molecule has 27 heavy (non-hydrogen) atoms. The molecule has 0 aliphatic carbocycles. The Morgan fingerprint density at radius 3 is 2.63 bits per heavy atom. The first-order chi connectivity index (χ1) is 13.1. The minimum Gasteiger partial charge on any atom is -0.383 e. The van der Waals surface area contributed by atoms with Crippen molar-refractivity contribution in [3.8, 4) is 0 Å². The maximum atomic E-state index is 12.2. The van der Waals surface area contributed by atoms with Gasteiger partial charge in [-0.15, -0.1) is 0 Å². The van der Waals surface area contributed by atoms with Crippen molar-refractivity contribution in [1.29, 1.82) is 0 Å². The number of hydrogen-bond donors (Lipinski definition) is 1. The summed E-state index contributed by atoms with van der Waals surface area (Å²) in [5.41, 5.74) is 4.33. The van der Waals surface area contributed by atoms with E-state index in [-0.39, 0.29) is 5.91 Å². The monoisotopic (exact) mass is 369 g/mol. The molecule has 0 bridgehead atoms. The first kappa shape index (κ1) is 19.1. The third kappa shape index (κ3) is 4.54. The van der Waals surface area contributed by atoms with Gasteiger partial charge >= 0.3 is 0 Å². The Morgan fingerprint density at radius 2 is 1.89 bits per heavy atom. The van der Waals surface area contributed by atoms with Crippen LogP contribution in [0.4, 0.5) is 11.5 Å². The second-order valence-corrected chi connectivity index (χ2v) is 6.70. The number of aryl methyl sites for hydroxylation is 1. The Balaban J connectivity index is 1.63. The Labute approximate surface area is 160 Å². The lowest BCUT2D eigenvalue weighted by atomic mass is 10.1. The molecular weight excluding hydrogens is 342 g/mol. The van der Waals surface area contributed by atoms with Crippen LogP contribution in [-0.2, 0) is 4.74 Å². The van der Waals surface area contributed by atoms with E-state index < -0.39 is 0 Å². The van der Waals surface area contributed by atoms with E-state index in [2.05, 4.69) is 57.1 Å². The van der Waals surface area contributed by atoms with Gasteiger partial charge < -0.3 is 19.9 Å². The maximum Gasteiger partial charge on any atom is 0.270 e. The molecule has 1 aromatic heterocycles. The normalized spacial score (nSPS) is 14.3. The van der Waals surface area contributed by atoms with Crippen molar-refractivity contribution in [3.05, 3.63) is 47.4 Å². The number of benzene rings is 1. The molecule has 144 valence electrons. The molecule has 0 unspecified atom stereocenters. The number of hydrogen-bond acceptors (Lipinski definition) is 6. The van der Waals surface area contributed by atoms with Gasteiger partial charge in [-0.1, -0.05) is 12.1 Å². The van der Waals surface area contributed by atoms with Gasteiger partial charge in [0.15, 0.2) is 0 Å². The van der Waals surface area contributed by atoms with Gasteiger partial charge in [-0.25, -0.2) is 9.97 Å². The second-order valence-electron chi connectivity index (χ2n) is 6.70. The number of carbonyl (C=O) groups is 1. The van der Waals surface area contributed by atoms with E-state index in [1.165, 1.54) is 23.1 Å². The fourth-order valence-corrected chi connectivity index (χ4v) is 3.26. The lowest BCUT2D eigenvalue weighted by molar-refractivity contribution is 0.0932. The van der Waals surface area contributed by atoms with E-state index >= 15 is 0 Å². The van der Waals surface area contributed by atoms with Gasteiger partial charge in [0.2, 0.25) is 0 Å². The van der Waals surface area contributed by atoms with Gasteiger partial charge in [0, 0.05) is 51.6 Å². The lowest BCUT2D eigenvalue weighted by Gasteiger charge is -2.37. The number of anilines is 2. The van der Waals surface area contributed by atoms with Crippen LogP contribution in [0.2, 0.25) is 0 Å². The highest BCUT2D eigenvalue weighted by atomic mass is 16.5. The molecule has 1 amide bonds. The summed E-state index contributed by atoms with van der Waals surface area (Å²) in [4.78, 5) is 25.3. The molecule has 0 saturated carbocycles. The molecule has 0 radical (unpaired) electrons. The number of piperazine rings is 1. The van der Waals surface area contributed by atoms with E-state index in [1.807, 2.05) is 0 Å². The average Bonchev–Trinajstić information content (AvgIpc) is 2.70. The topological polar surface area (TPSA) is 70.6 Å². The predicted octanol–water partition coefficient (Wildman–Crippen LogP) is 1.80. The van der Waals surface area contributed by atoms with E-state index in [0.717, 1.165) is 32.0 Å². The molecule has 1 aromatic carbocycles. The van der Waals surface area contributed by atoms with Crippen molar-refractivity contribution in [2.75, 3.05) is 56.2 Å². The zero-order valence-electron chi connectivity index (χ0n) is 16.2. The van der Waals surface area contributed by atoms with E-state index in [0.29, 0.717) is 18.8 Å². The fraction of sp³-hybridized carbons (Fsp3) is 0.450. The van der Waals surface area contributed by atoms with Gasteiger partial charge in [0.05, 0.1) is 6.61 Å². The standard InChI is InChI=1S/C20H27N5O2/c1-15-5-4-6-18(16(15)2)24-8-10-25(11-9-24)19-13-17(22-14-23-19)20(26)21-7-12-27-3/h4-6,13-14H,7-12H2,1-3H3,(H,21,26). The van der Waals surface area contributed by atoms with Crippen LogP contribution in [0.3, 0.4) is 0 Å². The summed E-state index contributed by atoms with van der Waals surface area (Å²) in [6.07, 6.45) is 1.46. The van der Waals surface area contributed by atoms with Crippen LogP contribution in [0.15, 0.2) is 30.6 Å². The number of amides is 1. The van der Waals surface area contributed by atoms with Gasteiger partial charge in [-0.05, 0) is 31.0 Å². The number of aromatic nitrogens is 2. The van der Waals surface area contributed by atoms with Crippen molar-refractivity contribution < 1.29 is 9.53 Å². The van der Waals surface area contributed by atoms with Crippen LogP contribution < -0.4 is 15.1 Å². The molecule has 1 N–H and O–H groups in total. The van der Waals surface area contributed by atoms with Crippen molar-refractivity contribution in [3.63, 3.8) is 0 Å². The summed E-state index contributed by atoms with van der Waals surface area (Å²) in [6, 6.07) is 8.21. The maximum absolute atomic E-state index is 12.2. The highest BCUT2D eigenvalue weighted by molar-refractivity contribution is 5.92. The van der Waals surface area contributed by atoms with Crippen molar-refractivity contribution in [2.45, 2.75) is 13.8 Å². The Morgan fingerprint density at radius 1 is 1.15 bits per heavy atom. The van der Waals surface area contributed by atoms with Gasteiger partial charge in [-0.2, -0.15) is 0 Å². The first-order valence-electron chi connectivity index (χ1n) is 9.25. The summed E-state index contributed by atoms with van der Waals surface area (Å²) >= 11 is 0. The molecule has 2 heterocycles. The van der Waals surface area contributed by atoms with Gasteiger partial charge in [0.25, 0.3) is 5.91 Å². The molecule has 1 saturated heterocycles. The molecule has 1 aliphatic rings. The number of rotatable bonds is 6. The number of nitrogens with zero attached hydrogens (tertiary/aromatic N) is 4. The van der Waals surface area contributed by atoms with Crippen LogP contribution in [-0.4, -0.2) is 62.3 Å². The molecule has 1 fully saturated rings. The lowest BCUT2D eigenvalue weighted by Crippen LogP contribution is -2.47. The number of ether oxygens (including phenoxy) is 1. The van der Waals surface area contributed by atoms with Crippen LogP contribution in [0.1, 0.15) is 21.6 Å². The highest BCUT2D eigenvalue weighted by Gasteiger charge is 2.20. The Kier molecular flexibility index (Phi) is 6.24. The number of nitrogens with one attached hydrogen (secondary N) is 1.